The molecule has 0 aliphatic carbocycles. The number of thiazole rings is 1. The lowest BCUT2D eigenvalue weighted by molar-refractivity contribution is 0.278. The van der Waals surface area contributed by atoms with Crippen molar-refractivity contribution in [1.29, 1.82) is 0 Å². The summed E-state index contributed by atoms with van der Waals surface area (Å²) in [5.41, 5.74) is 3.69. The van der Waals surface area contributed by atoms with E-state index >= 15 is 0 Å². The van der Waals surface area contributed by atoms with Crippen molar-refractivity contribution in [1.82, 2.24) is 14.8 Å². The lowest BCUT2D eigenvalue weighted by Gasteiger charge is -2.07. The molecule has 0 radical (unpaired) electrons. The molecule has 1 aromatic carbocycles. The van der Waals surface area contributed by atoms with Crippen molar-refractivity contribution >= 4 is 23.1 Å². The van der Waals surface area contributed by atoms with Crippen LogP contribution in [0.5, 0.6) is 0 Å². The van der Waals surface area contributed by atoms with Crippen molar-refractivity contribution < 1.29 is 5.11 Å². The van der Waals surface area contributed by atoms with Gasteiger partial charge in [0, 0.05) is 16.6 Å². The zero-order valence-corrected chi connectivity index (χ0v) is 13.4. The highest BCUT2D eigenvalue weighted by atomic mass is 32.2. The summed E-state index contributed by atoms with van der Waals surface area (Å²) in [7, 11) is 0. The minimum absolute atomic E-state index is 0.0225. The van der Waals surface area contributed by atoms with Crippen molar-refractivity contribution in [3.05, 3.63) is 52.7 Å². The maximum absolute atomic E-state index is 9.66. The maximum atomic E-state index is 9.66. The van der Waals surface area contributed by atoms with Crippen LogP contribution in [0.2, 0.25) is 0 Å². The molecule has 0 saturated heterocycles. The van der Waals surface area contributed by atoms with Gasteiger partial charge in [0.25, 0.3) is 0 Å². The van der Waals surface area contributed by atoms with Crippen LogP contribution >= 0.6 is 23.1 Å². The summed E-state index contributed by atoms with van der Waals surface area (Å²) in [4.78, 5) is 4.48. The molecule has 0 atom stereocenters. The van der Waals surface area contributed by atoms with Gasteiger partial charge in [-0.1, -0.05) is 18.2 Å². The number of para-hydroxylation sites is 1. The van der Waals surface area contributed by atoms with E-state index in [0.29, 0.717) is 0 Å². The summed E-state index contributed by atoms with van der Waals surface area (Å²) in [6, 6.07) is 9.94. The number of aromatic nitrogens is 3. The van der Waals surface area contributed by atoms with Crippen LogP contribution in [0.3, 0.4) is 0 Å². The van der Waals surface area contributed by atoms with Crippen molar-refractivity contribution in [2.45, 2.75) is 29.8 Å². The van der Waals surface area contributed by atoms with E-state index < -0.39 is 0 Å². The molecule has 0 aliphatic heterocycles. The molecule has 1 N–H and O–H groups in total. The van der Waals surface area contributed by atoms with Crippen molar-refractivity contribution in [2.75, 3.05) is 0 Å². The van der Waals surface area contributed by atoms with E-state index in [2.05, 4.69) is 10.1 Å². The molecule has 3 aromatic rings. The van der Waals surface area contributed by atoms with Crippen LogP contribution in [0.4, 0.5) is 0 Å². The number of benzene rings is 1. The summed E-state index contributed by atoms with van der Waals surface area (Å²) in [6.07, 6.45) is 0. The van der Waals surface area contributed by atoms with Crippen LogP contribution in [-0.4, -0.2) is 19.9 Å². The molecule has 0 aliphatic rings. The van der Waals surface area contributed by atoms with E-state index in [0.717, 1.165) is 32.0 Å². The van der Waals surface area contributed by atoms with E-state index in [1.165, 1.54) is 0 Å². The van der Waals surface area contributed by atoms with Crippen LogP contribution in [0.15, 0.2) is 45.1 Å². The van der Waals surface area contributed by atoms with Gasteiger partial charge in [-0.3, -0.25) is 0 Å². The topological polar surface area (TPSA) is 50.9 Å². The third-order valence-electron chi connectivity index (χ3n) is 3.08. The van der Waals surface area contributed by atoms with Gasteiger partial charge in [0.2, 0.25) is 0 Å². The second kappa shape index (κ2) is 6.01. The fraction of sp³-hybridized carbons (Fsp3) is 0.200. The molecule has 6 heteroatoms. The van der Waals surface area contributed by atoms with Crippen molar-refractivity contribution in [2.24, 2.45) is 0 Å². The average Bonchev–Trinajstić information content (AvgIpc) is 3.04. The highest BCUT2D eigenvalue weighted by molar-refractivity contribution is 8.01. The van der Waals surface area contributed by atoms with E-state index in [1.54, 1.807) is 23.1 Å². The maximum Gasteiger partial charge on any atom is 0.156 e. The Morgan fingerprint density at radius 3 is 2.62 bits per heavy atom. The Labute approximate surface area is 131 Å². The second-order valence-corrected chi connectivity index (χ2v) is 6.73. The molecule has 0 unspecified atom stereocenters. The molecular weight excluding hydrogens is 302 g/mol. The van der Waals surface area contributed by atoms with Crippen LogP contribution < -0.4 is 0 Å². The van der Waals surface area contributed by atoms with Gasteiger partial charge in [0.05, 0.1) is 18.0 Å². The van der Waals surface area contributed by atoms with Crippen molar-refractivity contribution in [3.8, 4) is 5.69 Å². The van der Waals surface area contributed by atoms with Crippen LogP contribution in [-0.2, 0) is 6.61 Å². The van der Waals surface area contributed by atoms with Gasteiger partial charge >= 0.3 is 0 Å². The van der Waals surface area contributed by atoms with E-state index in [-0.39, 0.29) is 6.61 Å². The molecule has 2 aromatic heterocycles. The quantitative estimate of drug-likeness (QED) is 0.799. The number of aliphatic hydroxyl groups excluding tert-OH is 1. The Kier molecular flexibility index (Phi) is 4.10. The van der Waals surface area contributed by atoms with Crippen LogP contribution in [0.25, 0.3) is 5.69 Å². The molecule has 3 rings (SSSR count). The van der Waals surface area contributed by atoms with Gasteiger partial charge in [-0.15, -0.1) is 11.3 Å². The molecule has 4 nitrogen and oxygen atoms in total. The Balaban J connectivity index is 2.08. The number of aryl methyl sites for hydroxylation is 2. The van der Waals surface area contributed by atoms with Gasteiger partial charge in [-0.05, 0) is 37.7 Å². The van der Waals surface area contributed by atoms with Crippen molar-refractivity contribution in [3.63, 3.8) is 0 Å². The smallest absolute Gasteiger partial charge is 0.156 e. The first-order valence-corrected chi connectivity index (χ1v) is 8.23. The lowest BCUT2D eigenvalue weighted by Crippen LogP contribution is -1.98. The summed E-state index contributed by atoms with van der Waals surface area (Å²) < 4.78 is 2.83. The highest BCUT2D eigenvalue weighted by Crippen LogP contribution is 2.35. The zero-order chi connectivity index (χ0) is 14.8. The van der Waals surface area contributed by atoms with Crippen LogP contribution in [0.1, 0.15) is 17.0 Å². The van der Waals surface area contributed by atoms with E-state index in [4.69, 9.17) is 0 Å². The molecule has 21 heavy (non-hydrogen) atoms. The molecule has 0 fully saturated rings. The fourth-order valence-corrected chi connectivity index (χ4v) is 4.05. The number of nitrogens with zero attached hydrogens (tertiary/aromatic N) is 3. The molecule has 2 heterocycles. The number of hydrogen-bond donors (Lipinski definition) is 1. The first-order valence-electron chi connectivity index (χ1n) is 6.54. The Hall–Kier alpha value is -1.63. The molecule has 0 spiro atoms. The second-order valence-electron chi connectivity index (χ2n) is 4.63. The Morgan fingerprint density at radius 2 is 2.00 bits per heavy atom. The summed E-state index contributed by atoms with van der Waals surface area (Å²) in [5.74, 6) is 0. The molecule has 108 valence electrons. The molecular formula is C15H15N3OS2. The monoisotopic (exact) mass is 317 g/mol. The van der Waals surface area contributed by atoms with Gasteiger partial charge < -0.3 is 5.11 Å². The van der Waals surface area contributed by atoms with Gasteiger partial charge in [-0.25, -0.2) is 9.67 Å². The predicted octanol–water partition coefficient (Wildman–Crippen LogP) is 3.59. The fourth-order valence-electron chi connectivity index (χ4n) is 2.03. The highest BCUT2D eigenvalue weighted by Gasteiger charge is 2.18. The summed E-state index contributed by atoms with van der Waals surface area (Å²) >= 11 is 3.16. The summed E-state index contributed by atoms with van der Waals surface area (Å²) in [6.45, 7) is 3.88. The lowest BCUT2D eigenvalue weighted by atomic mass is 10.3. The van der Waals surface area contributed by atoms with Gasteiger partial charge in [0.15, 0.2) is 4.34 Å². The normalized spacial score (nSPS) is 11.0. The number of rotatable bonds is 4. The average molecular weight is 317 g/mol. The van der Waals surface area contributed by atoms with Gasteiger partial charge in [-0.2, -0.15) is 5.10 Å². The van der Waals surface area contributed by atoms with E-state index in [9.17, 15) is 5.11 Å². The third-order valence-corrected chi connectivity index (χ3v) is 5.25. The Morgan fingerprint density at radius 1 is 1.24 bits per heavy atom. The Bertz CT molecular complexity index is 750. The van der Waals surface area contributed by atoms with Gasteiger partial charge in [0.1, 0.15) is 5.03 Å². The minimum Gasteiger partial charge on any atom is -0.392 e. The molecule has 0 saturated carbocycles. The first-order chi connectivity index (χ1) is 10.2. The van der Waals surface area contributed by atoms with E-state index in [1.807, 2.05) is 54.2 Å². The molecule has 0 bridgehead atoms. The largest absolute Gasteiger partial charge is 0.392 e. The standard InChI is InChI=1S/C15H15N3OS2/c1-10-9-20-15(16-10)21-14-13(8-19)11(2)17-18(14)12-6-4-3-5-7-12/h3-7,9,19H,8H2,1-2H3. The number of aliphatic hydroxyl groups is 1. The zero-order valence-electron chi connectivity index (χ0n) is 11.8. The third kappa shape index (κ3) is 2.88. The minimum atomic E-state index is -0.0225. The number of hydrogen-bond acceptors (Lipinski definition) is 5. The summed E-state index contributed by atoms with van der Waals surface area (Å²) in [5, 5.41) is 17.2. The van der Waals surface area contributed by atoms with Crippen LogP contribution in [0, 0.1) is 13.8 Å². The predicted molar refractivity (Wildman–Crippen MR) is 85.2 cm³/mol. The molecule has 0 amide bonds. The SMILES string of the molecule is Cc1csc(Sc2c(CO)c(C)nn2-c2ccccc2)n1. The first kappa shape index (κ1) is 14.3.